The maximum absolute atomic E-state index is 12.5. The van der Waals surface area contributed by atoms with Crippen LogP contribution >= 0.6 is 0 Å². The number of pyridine rings is 1. The molecule has 29 heavy (non-hydrogen) atoms. The Labute approximate surface area is 168 Å². The number of rotatable bonds is 5. The molecule has 3 heterocycles. The number of aromatic nitrogens is 1. The Morgan fingerprint density at radius 2 is 1.86 bits per heavy atom. The molecule has 1 aromatic carbocycles. The van der Waals surface area contributed by atoms with Crippen molar-refractivity contribution in [3.05, 3.63) is 53.2 Å². The second kappa shape index (κ2) is 8.00. The number of aryl methyl sites for hydroxylation is 1. The van der Waals surface area contributed by atoms with Gasteiger partial charge in [0.2, 0.25) is 5.91 Å². The van der Waals surface area contributed by atoms with Crippen LogP contribution in [-0.2, 0) is 9.53 Å². The van der Waals surface area contributed by atoms with Crippen molar-refractivity contribution < 1.29 is 19.1 Å². The molecule has 3 amide bonds. The third-order valence-corrected chi connectivity index (χ3v) is 5.06. The normalized spacial score (nSPS) is 16.2. The topological polar surface area (TPSA) is 91.8 Å². The molecular formula is C21H22N4O4. The molecule has 4 rings (SSSR count). The van der Waals surface area contributed by atoms with E-state index in [-0.39, 0.29) is 30.7 Å². The smallest absolute Gasteiger partial charge is 0.261 e. The predicted octanol–water partition coefficient (Wildman–Crippen LogP) is 1.85. The lowest BCUT2D eigenvalue weighted by Gasteiger charge is -2.27. The third-order valence-electron chi connectivity index (χ3n) is 5.06. The molecule has 0 unspecified atom stereocenters. The summed E-state index contributed by atoms with van der Waals surface area (Å²) in [6.07, 6.45) is 1.63. The second-order valence-corrected chi connectivity index (χ2v) is 7.11. The average molecular weight is 394 g/mol. The van der Waals surface area contributed by atoms with E-state index in [0.717, 1.165) is 29.4 Å². The Morgan fingerprint density at radius 3 is 2.59 bits per heavy atom. The maximum Gasteiger partial charge on any atom is 0.261 e. The lowest BCUT2D eigenvalue weighted by molar-refractivity contribution is -0.116. The standard InChI is InChI=1S/C21H22N4O4/c1-14-2-4-16-17(12-14)21(28)25(20(16)27)7-6-19(26)23-15-3-5-18(22-13-15)24-8-10-29-11-9-24/h2-5,12-13H,6-11H2,1H3,(H,23,26). The molecule has 2 aliphatic rings. The number of anilines is 2. The minimum Gasteiger partial charge on any atom is -0.378 e. The lowest BCUT2D eigenvalue weighted by Crippen LogP contribution is -2.36. The van der Waals surface area contributed by atoms with Gasteiger partial charge in [-0.25, -0.2) is 4.98 Å². The number of carbonyl (C=O) groups is 3. The highest BCUT2D eigenvalue weighted by Crippen LogP contribution is 2.24. The van der Waals surface area contributed by atoms with Crippen LogP contribution in [0.5, 0.6) is 0 Å². The van der Waals surface area contributed by atoms with Crippen LogP contribution in [0.2, 0.25) is 0 Å². The zero-order chi connectivity index (χ0) is 20.4. The van der Waals surface area contributed by atoms with Crippen molar-refractivity contribution in [2.24, 2.45) is 0 Å². The summed E-state index contributed by atoms with van der Waals surface area (Å²) >= 11 is 0. The van der Waals surface area contributed by atoms with Gasteiger partial charge in [0.05, 0.1) is 36.2 Å². The van der Waals surface area contributed by atoms with Gasteiger partial charge in [-0.2, -0.15) is 0 Å². The van der Waals surface area contributed by atoms with E-state index in [9.17, 15) is 14.4 Å². The Balaban J connectivity index is 1.32. The molecule has 0 spiro atoms. The van der Waals surface area contributed by atoms with E-state index < -0.39 is 0 Å². The molecular weight excluding hydrogens is 372 g/mol. The van der Waals surface area contributed by atoms with Crippen LogP contribution in [0, 0.1) is 6.92 Å². The van der Waals surface area contributed by atoms with Gasteiger partial charge in [-0.3, -0.25) is 19.3 Å². The number of hydrogen-bond donors (Lipinski definition) is 1. The molecule has 1 saturated heterocycles. The van der Waals surface area contributed by atoms with Crippen LogP contribution in [0.25, 0.3) is 0 Å². The van der Waals surface area contributed by atoms with Crippen LogP contribution in [0.4, 0.5) is 11.5 Å². The largest absolute Gasteiger partial charge is 0.378 e. The van der Waals surface area contributed by atoms with Gasteiger partial charge >= 0.3 is 0 Å². The van der Waals surface area contributed by atoms with Crippen LogP contribution in [0.1, 0.15) is 32.7 Å². The van der Waals surface area contributed by atoms with Gasteiger partial charge < -0.3 is 15.0 Å². The van der Waals surface area contributed by atoms with Crippen molar-refractivity contribution in [2.75, 3.05) is 43.1 Å². The minimum atomic E-state index is -0.352. The van der Waals surface area contributed by atoms with Crippen molar-refractivity contribution >= 4 is 29.2 Å². The molecule has 1 N–H and O–H groups in total. The monoisotopic (exact) mass is 394 g/mol. The highest BCUT2D eigenvalue weighted by atomic mass is 16.5. The molecule has 1 aromatic heterocycles. The third kappa shape index (κ3) is 3.97. The first-order chi connectivity index (χ1) is 14.0. The zero-order valence-corrected chi connectivity index (χ0v) is 16.2. The number of amides is 3. The van der Waals surface area contributed by atoms with E-state index in [1.807, 2.05) is 13.0 Å². The number of ether oxygens (including phenoxy) is 1. The van der Waals surface area contributed by atoms with Crippen molar-refractivity contribution in [1.29, 1.82) is 0 Å². The second-order valence-electron chi connectivity index (χ2n) is 7.11. The lowest BCUT2D eigenvalue weighted by atomic mass is 10.1. The fourth-order valence-electron chi connectivity index (χ4n) is 3.48. The summed E-state index contributed by atoms with van der Waals surface area (Å²) < 4.78 is 5.33. The summed E-state index contributed by atoms with van der Waals surface area (Å²) in [4.78, 5) is 44.8. The molecule has 0 atom stereocenters. The molecule has 2 aromatic rings. The van der Waals surface area contributed by atoms with E-state index in [4.69, 9.17) is 4.74 Å². The van der Waals surface area contributed by atoms with Gasteiger partial charge in [0.15, 0.2) is 0 Å². The Morgan fingerprint density at radius 1 is 1.10 bits per heavy atom. The number of nitrogens with one attached hydrogen (secondary N) is 1. The van der Waals surface area contributed by atoms with E-state index >= 15 is 0 Å². The number of imide groups is 1. The highest BCUT2D eigenvalue weighted by molar-refractivity contribution is 6.21. The van der Waals surface area contributed by atoms with Gasteiger partial charge in [-0.05, 0) is 31.2 Å². The molecule has 0 aliphatic carbocycles. The van der Waals surface area contributed by atoms with E-state index in [2.05, 4.69) is 15.2 Å². The zero-order valence-electron chi connectivity index (χ0n) is 16.2. The van der Waals surface area contributed by atoms with Gasteiger partial charge in [0, 0.05) is 26.1 Å². The molecule has 1 fully saturated rings. The first kappa shape index (κ1) is 19.1. The predicted molar refractivity (Wildman–Crippen MR) is 107 cm³/mol. The number of hydrogen-bond acceptors (Lipinski definition) is 6. The first-order valence-electron chi connectivity index (χ1n) is 9.58. The number of morpholine rings is 1. The van der Waals surface area contributed by atoms with Gasteiger partial charge in [0.25, 0.3) is 11.8 Å². The van der Waals surface area contributed by atoms with Crippen molar-refractivity contribution in [3.8, 4) is 0 Å². The summed E-state index contributed by atoms with van der Waals surface area (Å²) in [5, 5.41) is 2.76. The summed E-state index contributed by atoms with van der Waals surface area (Å²) in [6, 6.07) is 8.81. The fraction of sp³-hybridized carbons (Fsp3) is 0.333. The quantitative estimate of drug-likeness (QED) is 0.779. The fourth-order valence-corrected chi connectivity index (χ4v) is 3.48. The summed E-state index contributed by atoms with van der Waals surface area (Å²) in [7, 11) is 0. The van der Waals surface area contributed by atoms with Crippen molar-refractivity contribution in [1.82, 2.24) is 9.88 Å². The Bertz CT molecular complexity index is 952. The van der Waals surface area contributed by atoms with Crippen molar-refractivity contribution in [3.63, 3.8) is 0 Å². The molecule has 0 radical (unpaired) electrons. The van der Waals surface area contributed by atoms with Crippen LogP contribution in [0.3, 0.4) is 0 Å². The number of fused-ring (bicyclic) bond motifs is 1. The van der Waals surface area contributed by atoms with Gasteiger partial charge in [-0.1, -0.05) is 11.6 Å². The molecule has 8 heteroatoms. The minimum absolute atomic E-state index is 0.0235. The number of nitrogens with zero attached hydrogens (tertiary/aromatic N) is 3. The summed E-state index contributed by atoms with van der Waals surface area (Å²) in [5.74, 6) is -0.140. The van der Waals surface area contributed by atoms with Gasteiger partial charge in [-0.15, -0.1) is 0 Å². The van der Waals surface area contributed by atoms with Crippen LogP contribution in [-0.4, -0.2) is 60.5 Å². The molecule has 8 nitrogen and oxygen atoms in total. The van der Waals surface area contributed by atoms with Crippen molar-refractivity contribution in [2.45, 2.75) is 13.3 Å². The maximum atomic E-state index is 12.5. The molecule has 150 valence electrons. The molecule has 0 bridgehead atoms. The van der Waals surface area contributed by atoms with Gasteiger partial charge in [0.1, 0.15) is 5.82 Å². The van der Waals surface area contributed by atoms with Crippen LogP contribution < -0.4 is 10.2 Å². The Hall–Kier alpha value is -3.26. The van der Waals surface area contributed by atoms with Crippen LogP contribution in [0.15, 0.2) is 36.5 Å². The van der Waals surface area contributed by atoms with E-state index in [1.54, 1.807) is 30.5 Å². The molecule has 0 saturated carbocycles. The summed E-state index contributed by atoms with van der Waals surface area (Å²) in [6.45, 7) is 4.84. The SMILES string of the molecule is Cc1ccc2c(c1)C(=O)N(CCC(=O)Nc1ccc(N3CCOCC3)nc1)C2=O. The first-order valence-corrected chi connectivity index (χ1v) is 9.58. The van der Waals surface area contributed by atoms with E-state index in [1.165, 1.54) is 0 Å². The Kier molecular flexibility index (Phi) is 5.26. The number of benzene rings is 1. The summed E-state index contributed by atoms with van der Waals surface area (Å²) in [5.41, 5.74) is 2.28. The average Bonchev–Trinajstić information content (AvgIpc) is 2.97. The highest BCUT2D eigenvalue weighted by Gasteiger charge is 2.35. The molecule has 2 aliphatic heterocycles. The van der Waals surface area contributed by atoms with E-state index in [0.29, 0.717) is 30.0 Å². The number of carbonyl (C=O) groups excluding carboxylic acids is 3.